The first-order valence-electron chi connectivity index (χ1n) is 51.8. The van der Waals surface area contributed by atoms with E-state index >= 15 is 0 Å². The molecule has 0 spiro atoms. The van der Waals surface area contributed by atoms with Gasteiger partial charge in [0.15, 0.2) is 0 Å². The minimum atomic E-state index is -0.375. The third-order valence-corrected chi connectivity index (χ3v) is 60.0. The molecule has 2 aliphatic carbocycles. The van der Waals surface area contributed by atoms with Crippen molar-refractivity contribution in [3.63, 3.8) is 0 Å². The van der Waals surface area contributed by atoms with Crippen LogP contribution in [0.4, 0.5) is 0 Å². The smallest absolute Gasteiger partial charge is 0.0866 e. The zero-order chi connectivity index (χ0) is 102. The van der Waals surface area contributed by atoms with Gasteiger partial charge in [-0.3, -0.25) is 0 Å². The molecule has 748 valence electrons. The van der Waals surface area contributed by atoms with E-state index in [2.05, 4.69) is 317 Å². The summed E-state index contributed by atoms with van der Waals surface area (Å²) in [6.45, 7) is 74.2. The van der Waals surface area contributed by atoms with Crippen LogP contribution in [0.3, 0.4) is 0 Å². The number of aryl methyl sites for hydroxylation is 6. The van der Waals surface area contributed by atoms with Gasteiger partial charge in [0.25, 0.3) is 0 Å². The Morgan fingerprint density at radius 2 is 0.457 bits per heavy atom. The molecular weight excluding hydrogens is 1850 g/mol. The van der Waals surface area contributed by atoms with E-state index in [1.807, 2.05) is 121 Å². The molecule has 2 saturated carbocycles. The average Bonchev–Trinajstić information content (AvgIpc) is 1.53. The van der Waals surface area contributed by atoms with E-state index in [0.717, 1.165) is 99.6 Å². The first-order valence-corrected chi connectivity index (χ1v) is 65.2. The van der Waals surface area contributed by atoms with Crippen LogP contribution in [0.2, 0.25) is 0 Å². The number of phenolic OH excluding ortho intramolecular Hbond substituents is 4. The summed E-state index contributed by atoms with van der Waals surface area (Å²) in [6, 6.07) is 80.8. The van der Waals surface area contributed by atoms with Gasteiger partial charge in [-0.15, -0.1) is 48.5 Å². The monoisotopic (exact) mass is 2020 g/mol. The number of hydrogen-bond acceptors (Lipinski definition) is 4. The fourth-order valence-electron chi connectivity index (χ4n) is 20.4. The van der Waals surface area contributed by atoms with Crippen LogP contribution >= 0.6 is 31.9 Å². The molecule has 0 bridgehead atoms. The van der Waals surface area contributed by atoms with E-state index < -0.39 is 0 Å². The molecule has 12 aromatic rings. The molecule has 2 heterocycles. The summed E-state index contributed by atoms with van der Waals surface area (Å²) in [4.78, 5) is 0. The minimum Gasteiger partial charge on any atom is -0.199 e. The van der Waals surface area contributed by atoms with Gasteiger partial charge in [-0.2, -0.15) is 98.5 Å². The summed E-state index contributed by atoms with van der Waals surface area (Å²) < 4.78 is 0. The molecule has 4 N–H and O–H groups in total. The maximum absolute atomic E-state index is 12.6. The normalized spacial score (nSPS) is 18.0. The Kier molecular flexibility index (Phi) is 40.4. The molecule has 0 amide bonds. The maximum atomic E-state index is 12.6. The van der Waals surface area contributed by atoms with Crippen LogP contribution in [-0.4, -0.2) is 41.4 Å². The number of hydrogen-bond donors (Lipinski definition) is 4. The Hall–Kier alpha value is -7.85. The van der Waals surface area contributed by atoms with Gasteiger partial charge in [-0.25, -0.2) is 0 Å². The van der Waals surface area contributed by atoms with Gasteiger partial charge in [-0.05, 0) is 0 Å². The zero-order valence-corrected chi connectivity index (χ0v) is 96.5. The van der Waals surface area contributed by atoms with E-state index in [9.17, 15) is 20.4 Å². The van der Waals surface area contributed by atoms with Gasteiger partial charge >= 0.3 is 706 Å². The van der Waals surface area contributed by atoms with Crippen LogP contribution in [0, 0.1) is 69.2 Å². The fourth-order valence-corrected chi connectivity index (χ4v) is 62.1. The van der Waals surface area contributed by atoms with Crippen molar-refractivity contribution >= 4 is 31.9 Å². The Labute approximate surface area is 869 Å². The summed E-state index contributed by atoms with van der Waals surface area (Å²) in [5, 5.41) is 52.6. The van der Waals surface area contributed by atoms with Crippen molar-refractivity contribution in [2.45, 2.75) is 346 Å². The largest absolute Gasteiger partial charge is 0.199 e. The molecule has 16 rings (SSSR count). The summed E-state index contributed by atoms with van der Waals surface area (Å²) in [7, 11) is 1.05. The van der Waals surface area contributed by atoms with Crippen molar-refractivity contribution in [3.8, 4) is 67.5 Å². The Morgan fingerprint density at radius 1 is 0.264 bits per heavy atom. The Morgan fingerprint density at radius 3 is 0.629 bits per heavy atom. The number of benzene rings is 12. The van der Waals surface area contributed by atoms with Crippen molar-refractivity contribution in [1.82, 2.24) is 0 Å². The standard InChI is InChI=1S/C54H76O2S2.C48H64O2S2.4C7H7.2Ti/c1-33(2)41-21-19-22-42(34(3)4)49(41)45-29-39(53(9,10)11)27-37(51(45)55)31-57-47-25-17-15-16-18-26-48(47)58-32-38-28-40(54(12,13)14)30-46(52(38)56)50-43(35(5)6)23-20-24-44(50)36(7)8;1-29-19-31(3)43(32(4)20-29)39-25-37(47(7,8)9)23-35(45(39)49)27-51-41-17-15-13-14-16-18-42(41)52-28-36-24-38(48(10,11)12)26-40(46(36)50)44-33(5)21-30(2)22-34(44)6;4*1-7-5-3-2-4-6-7;;/h19-24,27-30,33-36,47-48,55-56H,15-18,25-26,31-32H2,1-14H3;19-26,41-42,49-50H,13-18,27-28H2,1-12H3;4*2-6H,1H2;;/q;;4*-1;;/t47-,48?;41-,42?;;;;;;/m00....../s1. The van der Waals surface area contributed by atoms with Crippen LogP contribution in [0.5, 0.6) is 23.0 Å². The van der Waals surface area contributed by atoms with Crippen LogP contribution in [-0.2, 0) is 75.6 Å². The maximum Gasteiger partial charge on any atom is -0.0866 e. The van der Waals surface area contributed by atoms with Crippen molar-refractivity contribution < 1.29 is 51.3 Å². The van der Waals surface area contributed by atoms with Gasteiger partial charge in [0.1, 0.15) is 0 Å². The molecule has 10 heteroatoms. The summed E-state index contributed by atoms with van der Waals surface area (Å²) in [6.07, 6.45) is 16.0. The average molecular weight is 2020 g/mol. The van der Waals surface area contributed by atoms with Gasteiger partial charge in [0.05, 0.1) is 0 Å². The number of rotatable bonds is 16. The first kappa shape index (κ1) is 112. The van der Waals surface area contributed by atoms with E-state index in [0.29, 0.717) is 46.7 Å². The second-order valence-corrected chi connectivity index (χ2v) is 68.3. The van der Waals surface area contributed by atoms with E-state index in [1.54, 1.807) is 0 Å². The molecule has 6 unspecified atom stereocenters. The summed E-state index contributed by atoms with van der Waals surface area (Å²) in [5.74, 6) is 7.46. The van der Waals surface area contributed by atoms with Crippen LogP contribution < -0.4 is 0 Å². The van der Waals surface area contributed by atoms with E-state index in [4.69, 9.17) is 0 Å². The topological polar surface area (TPSA) is 80.9 Å². The molecule has 4 nitrogen and oxygen atoms in total. The SMILES string of the molecule is CC(C)c1cccc(C(C)C)c1-c1cc(C(C)(C)C)cc(C[S]2=[Ti]=[S](Cc3cc(C(C)(C)C)cc(-c4c(C(C)C)cccc4C(C)C)c3O)[C@H]3CCCCCCC32)c1O.Cc1cc(C)c(-c2cc(C(C)(C)C)cc(C[S]3=[Ti]=[S](Cc4cc(C(C)(C)C)cc(-c5c(C)cc(C)cc5C)c4O)[C@H]4CCCCCCC43)c2O)c(C)c1.[CH2-]c1ccccc1.[CH2-]c1ccccc1.[CH2-]c1ccccc1.[CH2-]c1ccccc1. The van der Waals surface area contributed by atoms with Crippen molar-refractivity contribution in [3.05, 3.63) is 381 Å². The van der Waals surface area contributed by atoms with E-state index in [-0.39, 0.29) is 84.4 Å². The number of fused-ring (bicyclic) bond motifs is 2. The van der Waals surface area contributed by atoms with Gasteiger partial charge in [-0.1, -0.05) is 24.3 Å². The minimum absolute atomic E-state index is 0.0205. The van der Waals surface area contributed by atoms with E-state index in [1.165, 1.54) is 188 Å². The van der Waals surface area contributed by atoms with Gasteiger partial charge < -0.3 is 0 Å². The van der Waals surface area contributed by atoms with Crippen LogP contribution in [0.1, 0.15) is 362 Å². The molecule has 140 heavy (non-hydrogen) atoms. The predicted octanol–water partition coefficient (Wildman–Crippen LogP) is 38.4. The molecule has 12 aromatic carbocycles. The predicted molar refractivity (Wildman–Crippen MR) is 613 cm³/mol. The Bertz CT molecular complexity index is 5820. The number of aromatic hydroxyl groups is 4. The van der Waals surface area contributed by atoms with Crippen LogP contribution in [0.15, 0.2) is 231 Å². The molecule has 2 aliphatic heterocycles. The molecule has 0 saturated heterocycles. The zero-order valence-electron chi connectivity index (χ0n) is 90.1. The third kappa shape index (κ3) is 29.7. The van der Waals surface area contributed by atoms with Gasteiger partial charge in [0, 0.05) is 0 Å². The van der Waals surface area contributed by atoms with Crippen LogP contribution in [0.25, 0.3) is 44.5 Å². The fraction of sp³-hybridized carbons (Fsp3) is 0.415. The summed E-state index contributed by atoms with van der Waals surface area (Å²) in [5.41, 5.74) is 35.9. The molecule has 8 atom stereocenters. The number of phenols is 4. The Balaban J connectivity index is 0.000000208. The van der Waals surface area contributed by atoms with Crippen molar-refractivity contribution in [1.29, 1.82) is 0 Å². The molecule has 4 aliphatic rings. The molecule has 2 fully saturated rings. The first-order chi connectivity index (χ1) is 66.1. The van der Waals surface area contributed by atoms with Gasteiger partial charge in [0.2, 0.25) is 0 Å². The molecular formula is C130H168O4S4Ti2-4. The second kappa shape index (κ2) is 50.3. The molecule has 0 aromatic heterocycles. The molecule has 0 radical (unpaired) electrons. The quantitative estimate of drug-likeness (QED) is 0.0574. The second-order valence-electron chi connectivity index (χ2n) is 45.5. The van der Waals surface area contributed by atoms with Crippen molar-refractivity contribution in [2.75, 3.05) is 0 Å². The van der Waals surface area contributed by atoms with Crippen molar-refractivity contribution in [2.24, 2.45) is 0 Å². The summed E-state index contributed by atoms with van der Waals surface area (Å²) >= 11 is -0.712. The third-order valence-electron chi connectivity index (χ3n) is 28.2.